The highest BCUT2D eigenvalue weighted by Gasteiger charge is 1.83. The second-order valence-corrected chi connectivity index (χ2v) is 3.49. The average Bonchev–Trinajstić information content (AvgIpc) is 2.20. The topological polar surface area (TPSA) is 40.5 Å². The fraction of sp³-hybridized carbons (Fsp3) is 0.538. The molecule has 1 atom stereocenters. The van der Waals surface area contributed by atoms with Gasteiger partial charge in [-0.2, -0.15) is 0 Å². The maximum Gasteiger partial charge on any atom is 0.0695 e. The highest BCUT2D eigenvalue weighted by atomic mass is 16.3. The van der Waals surface area contributed by atoms with Crippen LogP contribution in [0.25, 0.3) is 0 Å². The Balaban J connectivity index is 3.27. The Labute approximate surface area is 92.6 Å². The quantitative estimate of drug-likeness (QED) is 0.367. The number of rotatable bonds is 8. The Hall–Kier alpha value is -0.860. The lowest BCUT2D eigenvalue weighted by Gasteiger charge is -1.92. The molecule has 2 nitrogen and oxygen atoms in total. The van der Waals surface area contributed by atoms with Crippen LogP contribution in [0.15, 0.2) is 36.5 Å². The molecule has 0 aliphatic carbocycles. The van der Waals surface area contributed by atoms with E-state index in [1.165, 1.54) is 0 Å². The Kier molecular flexibility index (Phi) is 10.6. The highest BCUT2D eigenvalue weighted by molar-refractivity contribution is 5.03. The smallest absolute Gasteiger partial charge is 0.0695 e. The number of hydrogen-bond acceptors (Lipinski definition) is 2. The summed E-state index contributed by atoms with van der Waals surface area (Å²) in [7, 11) is 0. The van der Waals surface area contributed by atoms with Crippen molar-refractivity contribution in [2.75, 3.05) is 6.61 Å². The zero-order valence-corrected chi connectivity index (χ0v) is 9.47. The summed E-state index contributed by atoms with van der Waals surface area (Å²) in [5.74, 6) is 0. The number of allylic oxidation sites excluding steroid dienone is 4. The van der Waals surface area contributed by atoms with Gasteiger partial charge in [0, 0.05) is 0 Å². The fourth-order valence-corrected chi connectivity index (χ4v) is 1.12. The minimum absolute atomic E-state index is 0.143. The molecule has 1 unspecified atom stereocenters. The van der Waals surface area contributed by atoms with Gasteiger partial charge in [0.25, 0.3) is 0 Å². The molecule has 2 heteroatoms. The maximum absolute atomic E-state index is 8.93. The minimum atomic E-state index is -0.363. The number of unbranched alkanes of at least 4 members (excludes halogenated alkanes) is 3. The van der Waals surface area contributed by atoms with E-state index in [4.69, 9.17) is 10.2 Å². The van der Waals surface area contributed by atoms with Gasteiger partial charge in [-0.05, 0) is 32.6 Å². The van der Waals surface area contributed by atoms with Crippen LogP contribution in [0.2, 0.25) is 0 Å². The summed E-state index contributed by atoms with van der Waals surface area (Å²) in [5, 5.41) is 17.4. The van der Waals surface area contributed by atoms with Crippen molar-refractivity contribution < 1.29 is 10.2 Å². The van der Waals surface area contributed by atoms with Crippen molar-refractivity contribution >= 4 is 0 Å². The summed E-state index contributed by atoms with van der Waals surface area (Å²) < 4.78 is 0. The molecule has 2 N–H and O–H groups in total. The van der Waals surface area contributed by atoms with Gasteiger partial charge in [0.1, 0.15) is 0 Å². The Morgan fingerprint density at radius 1 is 1.00 bits per heavy atom. The molecule has 0 aromatic rings. The molecule has 0 spiro atoms. The lowest BCUT2D eigenvalue weighted by atomic mass is 10.2. The number of aliphatic hydroxyl groups excluding tert-OH is 2. The summed E-state index contributed by atoms with van der Waals surface area (Å²) in [5.41, 5.74) is 0. The van der Waals surface area contributed by atoms with Crippen molar-refractivity contribution in [2.24, 2.45) is 0 Å². The molecule has 0 rings (SSSR count). The summed E-state index contributed by atoms with van der Waals surface area (Å²) in [6, 6.07) is 0. The summed E-state index contributed by atoms with van der Waals surface area (Å²) >= 11 is 0. The Morgan fingerprint density at radius 2 is 1.67 bits per heavy atom. The molecule has 0 aromatic carbocycles. The van der Waals surface area contributed by atoms with E-state index in [1.807, 2.05) is 18.2 Å². The Bertz CT molecular complexity index is 203. The summed E-state index contributed by atoms with van der Waals surface area (Å²) in [6.07, 6.45) is 15.5. The first-order chi connectivity index (χ1) is 7.27. The van der Waals surface area contributed by atoms with Crippen LogP contribution >= 0.6 is 0 Å². The van der Waals surface area contributed by atoms with Gasteiger partial charge >= 0.3 is 0 Å². The van der Waals surface area contributed by atoms with Crippen LogP contribution in [0.3, 0.4) is 0 Å². The Morgan fingerprint density at radius 3 is 2.27 bits per heavy atom. The van der Waals surface area contributed by atoms with Gasteiger partial charge in [-0.1, -0.05) is 36.5 Å². The fourth-order valence-electron chi connectivity index (χ4n) is 1.12. The van der Waals surface area contributed by atoms with Gasteiger partial charge in [0.2, 0.25) is 0 Å². The molecule has 0 saturated carbocycles. The first-order valence-corrected chi connectivity index (χ1v) is 5.54. The lowest BCUT2D eigenvalue weighted by Crippen LogP contribution is -1.90. The van der Waals surface area contributed by atoms with Crippen LogP contribution < -0.4 is 0 Å². The van der Waals surface area contributed by atoms with Crippen molar-refractivity contribution in [1.82, 2.24) is 0 Å². The first-order valence-electron chi connectivity index (χ1n) is 5.54. The van der Waals surface area contributed by atoms with Gasteiger partial charge in [0.15, 0.2) is 0 Å². The van der Waals surface area contributed by atoms with Gasteiger partial charge in [-0.25, -0.2) is 0 Å². The van der Waals surface area contributed by atoms with Gasteiger partial charge in [-0.3, -0.25) is 0 Å². The molecule has 0 fully saturated rings. The van der Waals surface area contributed by atoms with Crippen LogP contribution in [0.1, 0.15) is 32.6 Å². The second-order valence-electron chi connectivity index (χ2n) is 3.49. The molecule has 0 aromatic heterocycles. The molecule has 0 heterocycles. The van der Waals surface area contributed by atoms with Crippen molar-refractivity contribution in [3.05, 3.63) is 36.5 Å². The lowest BCUT2D eigenvalue weighted by molar-refractivity contribution is 0.244. The van der Waals surface area contributed by atoms with E-state index in [0.29, 0.717) is 0 Å². The summed E-state index contributed by atoms with van der Waals surface area (Å²) in [4.78, 5) is 0. The predicted molar refractivity (Wildman–Crippen MR) is 64.7 cm³/mol. The van der Waals surface area contributed by atoms with Crippen molar-refractivity contribution in [2.45, 2.75) is 38.7 Å². The molecular formula is C13H22O2. The van der Waals surface area contributed by atoms with E-state index in [2.05, 4.69) is 6.08 Å². The predicted octanol–water partition coefficient (Wildman–Crippen LogP) is 2.59. The van der Waals surface area contributed by atoms with E-state index in [-0.39, 0.29) is 12.7 Å². The van der Waals surface area contributed by atoms with Gasteiger partial charge in [-0.15, -0.1) is 0 Å². The largest absolute Gasteiger partial charge is 0.392 e. The zero-order valence-electron chi connectivity index (χ0n) is 9.47. The molecule has 86 valence electrons. The SMILES string of the molecule is CC(O)/C=C/C=C\CCCC/C=C\CO. The molecule has 0 bridgehead atoms. The van der Waals surface area contributed by atoms with E-state index >= 15 is 0 Å². The normalized spacial score (nSPS) is 14.6. The summed E-state index contributed by atoms with van der Waals surface area (Å²) in [6.45, 7) is 1.88. The third-order valence-corrected chi connectivity index (χ3v) is 1.90. The van der Waals surface area contributed by atoms with Crippen LogP contribution in [0, 0.1) is 0 Å². The van der Waals surface area contributed by atoms with E-state index in [0.717, 1.165) is 25.7 Å². The van der Waals surface area contributed by atoms with Crippen LogP contribution in [-0.2, 0) is 0 Å². The van der Waals surface area contributed by atoms with Crippen LogP contribution in [0.4, 0.5) is 0 Å². The van der Waals surface area contributed by atoms with E-state index < -0.39 is 0 Å². The molecule has 0 radical (unpaired) electrons. The molecule has 0 amide bonds. The molecule has 15 heavy (non-hydrogen) atoms. The van der Waals surface area contributed by atoms with Crippen molar-refractivity contribution in [3.8, 4) is 0 Å². The minimum Gasteiger partial charge on any atom is -0.392 e. The molecular weight excluding hydrogens is 188 g/mol. The third kappa shape index (κ3) is 13.1. The first kappa shape index (κ1) is 14.1. The monoisotopic (exact) mass is 210 g/mol. The van der Waals surface area contributed by atoms with Crippen LogP contribution in [0.5, 0.6) is 0 Å². The number of aliphatic hydroxyl groups is 2. The second kappa shape index (κ2) is 11.2. The molecule has 0 saturated heterocycles. The molecule has 0 aliphatic rings. The number of hydrogen-bond donors (Lipinski definition) is 2. The van der Waals surface area contributed by atoms with Crippen molar-refractivity contribution in [3.63, 3.8) is 0 Å². The highest BCUT2D eigenvalue weighted by Crippen LogP contribution is 2.01. The van der Waals surface area contributed by atoms with Crippen LogP contribution in [-0.4, -0.2) is 22.9 Å². The van der Waals surface area contributed by atoms with E-state index in [9.17, 15) is 0 Å². The third-order valence-electron chi connectivity index (χ3n) is 1.90. The zero-order chi connectivity index (χ0) is 11.4. The average molecular weight is 210 g/mol. The molecule has 0 aliphatic heterocycles. The standard InChI is InChI=1S/C13H22O2/c1-13(15)11-9-7-5-3-2-4-6-8-10-12-14/h5,7-11,13-15H,2-4,6,12H2,1H3/b7-5-,10-8-,11-9+. The maximum atomic E-state index is 8.93. The van der Waals surface area contributed by atoms with Gasteiger partial charge < -0.3 is 10.2 Å². The van der Waals surface area contributed by atoms with Gasteiger partial charge in [0.05, 0.1) is 12.7 Å². The van der Waals surface area contributed by atoms with Crippen molar-refractivity contribution in [1.29, 1.82) is 0 Å². The van der Waals surface area contributed by atoms with E-state index in [1.54, 1.807) is 19.1 Å².